The molecular weight excluding hydrogens is 523 g/mol. The zero-order valence-corrected chi connectivity index (χ0v) is 20.3. The van der Waals surface area contributed by atoms with Crippen molar-refractivity contribution in [2.24, 2.45) is 0 Å². The van der Waals surface area contributed by atoms with Crippen LogP contribution in [0.5, 0.6) is 5.75 Å². The molecule has 0 radical (unpaired) electrons. The van der Waals surface area contributed by atoms with Crippen molar-refractivity contribution in [3.05, 3.63) is 87.4 Å². The Hall–Kier alpha value is -3.86. The summed E-state index contributed by atoms with van der Waals surface area (Å²) in [6, 6.07) is 14.6. The van der Waals surface area contributed by atoms with E-state index in [1.165, 1.54) is 29.2 Å². The molecule has 0 fully saturated rings. The molecule has 0 bridgehead atoms. The third-order valence-electron chi connectivity index (χ3n) is 5.53. The summed E-state index contributed by atoms with van der Waals surface area (Å²) in [5.41, 5.74) is 3.62. The Kier molecular flexibility index (Phi) is 7.06. The van der Waals surface area contributed by atoms with Crippen molar-refractivity contribution in [2.75, 3.05) is 13.6 Å². The van der Waals surface area contributed by atoms with Gasteiger partial charge < -0.3 is 19.3 Å². The summed E-state index contributed by atoms with van der Waals surface area (Å²) in [5, 5.41) is 10.2. The van der Waals surface area contributed by atoms with Crippen molar-refractivity contribution in [3.63, 3.8) is 0 Å². The van der Waals surface area contributed by atoms with Gasteiger partial charge in [0.2, 0.25) is 0 Å². The quantitative estimate of drug-likeness (QED) is 0.458. The van der Waals surface area contributed by atoms with E-state index in [1.54, 1.807) is 11.6 Å². The molecule has 35 heavy (non-hydrogen) atoms. The van der Waals surface area contributed by atoms with Crippen molar-refractivity contribution < 1.29 is 28.6 Å². The number of fused-ring (bicyclic) bond motifs is 1. The molecule has 0 saturated heterocycles. The molecule has 0 aliphatic carbocycles. The maximum absolute atomic E-state index is 13.7. The van der Waals surface area contributed by atoms with Gasteiger partial charge in [-0.25, -0.2) is 19.6 Å². The van der Waals surface area contributed by atoms with Crippen molar-refractivity contribution in [3.8, 4) is 5.75 Å². The molecular formula is C24H22BrFN4O5. The largest absolute Gasteiger partial charge is 0.486 e. The molecule has 0 unspecified atom stereocenters. The van der Waals surface area contributed by atoms with E-state index in [0.717, 1.165) is 10.6 Å². The van der Waals surface area contributed by atoms with Gasteiger partial charge in [0.05, 0.1) is 6.54 Å². The first kappa shape index (κ1) is 24.3. The van der Waals surface area contributed by atoms with E-state index >= 15 is 0 Å². The van der Waals surface area contributed by atoms with Gasteiger partial charge in [-0.3, -0.25) is 9.59 Å². The number of benzene rings is 2. The number of likely N-dealkylation sites (N-methyl/N-ethyl adjacent to an activating group) is 1. The molecule has 2 aromatic carbocycles. The minimum atomic E-state index is -1.46. The number of amides is 3. The fourth-order valence-electron chi connectivity index (χ4n) is 3.76. The smallest absolute Gasteiger partial charge is 0.423 e. The predicted octanol–water partition coefficient (Wildman–Crippen LogP) is 3.88. The van der Waals surface area contributed by atoms with Crippen LogP contribution in [-0.4, -0.2) is 51.1 Å². The fourth-order valence-corrected chi connectivity index (χ4v) is 4.47. The first-order valence-electron chi connectivity index (χ1n) is 10.7. The number of aromatic nitrogens is 1. The Morgan fingerprint density at radius 3 is 2.46 bits per heavy atom. The zero-order valence-electron chi connectivity index (χ0n) is 18.7. The molecule has 0 atom stereocenters. The number of carbonyl (C=O) groups excluding carboxylic acids is 2. The van der Waals surface area contributed by atoms with Crippen LogP contribution in [0.25, 0.3) is 0 Å². The van der Waals surface area contributed by atoms with E-state index in [9.17, 15) is 23.9 Å². The van der Waals surface area contributed by atoms with Crippen LogP contribution < -0.4 is 10.2 Å². The van der Waals surface area contributed by atoms with Crippen LogP contribution >= 0.6 is 15.9 Å². The average Bonchev–Trinajstić information content (AvgIpc) is 3.12. The lowest BCUT2D eigenvalue weighted by molar-refractivity contribution is 0.0624. The van der Waals surface area contributed by atoms with E-state index in [0.29, 0.717) is 23.3 Å². The third kappa shape index (κ3) is 5.14. The van der Waals surface area contributed by atoms with Gasteiger partial charge >= 0.3 is 6.09 Å². The number of hydrogen-bond donors (Lipinski definition) is 2. The number of carboxylic acid groups (broad SMARTS) is 1. The summed E-state index contributed by atoms with van der Waals surface area (Å²) in [5.74, 6) is -1.46. The van der Waals surface area contributed by atoms with Gasteiger partial charge in [-0.15, -0.1) is 0 Å². The lowest BCUT2D eigenvalue weighted by atomic mass is 10.2. The Balaban J connectivity index is 1.76. The third-order valence-corrected chi connectivity index (χ3v) is 6.36. The monoisotopic (exact) mass is 544 g/mol. The molecule has 182 valence electrons. The number of ether oxygens (including phenoxy) is 1. The fraction of sp³-hybridized carbons (Fsp3) is 0.208. The van der Waals surface area contributed by atoms with Crippen molar-refractivity contribution in [1.82, 2.24) is 19.9 Å². The van der Waals surface area contributed by atoms with Crippen LogP contribution in [0.1, 0.15) is 32.0 Å². The molecule has 3 aromatic rings. The first-order chi connectivity index (χ1) is 16.8. The molecule has 9 nitrogen and oxygen atoms in total. The summed E-state index contributed by atoms with van der Waals surface area (Å²) in [6.07, 6.45) is -1.46. The van der Waals surface area contributed by atoms with Gasteiger partial charge in [0.1, 0.15) is 22.6 Å². The van der Waals surface area contributed by atoms with Gasteiger partial charge in [-0.05, 0) is 39.2 Å². The summed E-state index contributed by atoms with van der Waals surface area (Å²) < 4.78 is 21.3. The van der Waals surface area contributed by atoms with Gasteiger partial charge in [0, 0.05) is 20.1 Å². The maximum atomic E-state index is 13.7. The standard InChI is InChI=1S/C24H22BrFN4O5/c1-28-11-12-29-19(23(28)32)20(35-14-16-5-3-2-4-6-16)18(21(29)25)22(31)30(27-24(33)34)13-15-7-9-17(26)10-8-15/h2-10,27H,11-14H2,1H3,(H,33,34). The molecule has 3 amide bonds. The number of halogens is 2. The second kappa shape index (κ2) is 10.2. The van der Waals surface area contributed by atoms with Gasteiger partial charge in [-0.1, -0.05) is 42.5 Å². The second-order valence-corrected chi connectivity index (χ2v) is 8.68. The molecule has 1 aliphatic rings. The summed E-state index contributed by atoms with van der Waals surface area (Å²) in [7, 11) is 1.65. The highest BCUT2D eigenvalue weighted by Gasteiger charge is 2.37. The molecule has 1 aliphatic heterocycles. The van der Waals surface area contributed by atoms with E-state index in [2.05, 4.69) is 21.4 Å². The molecule has 2 N–H and O–H groups in total. The average molecular weight is 545 g/mol. The Bertz CT molecular complexity index is 1260. The Morgan fingerprint density at radius 2 is 1.80 bits per heavy atom. The number of rotatable bonds is 6. The molecule has 2 heterocycles. The predicted molar refractivity (Wildman–Crippen MR) is 127 cm³/mol. The van der Waals surface area contributed by atoms with Crippen LogP contribution in [0, 0.1) is 5.82 Å². The van der Waals surface area contributed by atoms with Crippen molar-refractivity contribution >= 4 is 33.8 Å². The molecule has 4 rings (SSSR count). The van der Waals surface area contributed by atoms with E-state index in [-0.39, 0.29) is 36.1 Å². The number of nitrogens with zero attached hydrogens (tertiary/aromatic N) is 3. The van der Waals surface area contributed by atoms with Gasteiger partial charge in [0.25, 0.3) is 11.8 Å². The summed E-state index contributed by atoms with van der Waals surface area (Å²) in [4.78, 5) is 39.7. The van der Waals surface area contributed by atoms with E-state index in [4.69, 9.17) is 4.74 Å². The van der Waals surface area contributed by atoms with Crippen molar-refractivity contribution in [2.45, 2.75) is 19.7 Å². The molecule has 1 aromatic heterocycles. The lowest BCUT2D eigenvalue weighted by Crippen LogP contribution is -2.45. The SMILES string of the molecule is CN1CCn2c(Br)c(C(=O)N(Cc3ccc(F)cc3)NC(=O)O)c(OCc3ccccc3)c2C1=O. The van der Waals surface area contributed by atoms with Gasteiger partial charge in [-0.2, -0.15) is 0 Å². The summed E-state index contributed by atoms with van der Waals surface area (Å²) in [6.45, 7) is 0.755. The van der Waals surface area contributed by atoms with E-state index in [1.807, 2.05) is 30.3 Å². The van der Waals surface area contributed by atoms with Crippen LogP contribution in [0.4, 0.5) is 9.18 Å². The topological polar surface area (TPSA) is 104 Å². The molecule has 11 heteroatoms. The molecule has 0 spiro atoms. The number of carbonyl (C=O) groups is 3. The van der Waals surface area contributed by atoms with Crippen LogP contribution in [-0.2, 0) is 19.7 Å². The normalized spacial score (nSPS) is 12.8. The summed E-state index contributed by atoms with van der Waals surface area (Å²) >= 11 is 3.43. The zero-order chi connectivity index (χ0) is 25.1. The minimum Gasteiger partial charge on any atom is -0.486 e. The van der Waals surface area contributed by atoms with Crippen molar-refractivity contribution in [1.29, 1.82) is 0 Å². The highest BCUT2D eigenvalue weighted by atomic mass is 79.9. The number of hydrazine groups is 1. The Morgan fingerprint density at radius 1 is 1.11 bits per heavy atom. The maximum Gasteiger partial charge on any atom is 0.423 e. The first-order valence-corrected chi connectivity index (χ1v) is 11.5. The van der Waals surface area contributed by atoms with Crippen LogP contribution in [0.3, 0.4) is 0 Å². The van der Waals surface area contributed by atoms with Crippen LogP contribution in [0.15, 0.2) is 59.2 Å². The second-order valence-electron chi connectivity index (χ2n) is 7.93. The number of hydrogen-bond acceptors (Lipinski definition) is 4. The Labute approximate surface area is 208 Å². The van der Waals surface area contributed by atoms with Gasteiger partial charge in [0.15, 0.2) is 11.4 Å². The van der Waals surface area contributed by atoms with Crippen LogP contribution in [0.2, 0.25) is 0 Å². The highest BCUT2D eigenvalue weighted by molar-refractivity contribution is 9.10. The highest BCUT2D eigenvalue weighted by Crippen LogP contribution is 2.38. The molecule has 0 saturated carbocycles. The minimum absolute atomic E-state index is 0.00967. The number of nitrogens with one attached hydrogen (secondary N) is 1. The lowest BCUT2D eigenvalue weighted by Gasteiger charge is -2.25. The van der Waals surface area contributed by atoms with E-state index < -0.39 is 17.8 Å².